The molecule has 0 saturated carbocycles. The van der Waals surface area contributed by atoms with Crippen LogP contribution in [0.2, 0.25) is 0 Å². The van der Waals surface area contributed by atoms with Crippen LogP contribution in [0.15, 0.2) is 24.5 Å². The number of hydrogen-bond acceptors (Lipinski definition) is 5. The fraction of sp³-hybridized carbons (Fsp3) is 0.462. The number of aryl methyl sites for hydroxylation is 2. The molecule has 0 fully saturated rings. The second kappa shape index (κ2) is 6.74. The molecular formula is C13H17N5O2. The molecule has 0 aliphatic rings. The molecule has 1 atom stereocenters. The molecule has 1 unspecified atom stereocenters. The summed E-state index contributed by atoms with van der Waals surface area (Å²) in [5.41, 5.74) is 1.10. The fourth-order valence-electron chi connectivity index (χ4n) is 2.07. The molecule has 0 spiro atoms. The summed E-state index contributed by atoms with van der Waals surface area (Å²) in [6.45, 7) is 1.93. The molecule has 2 aromatic heterocycles. The van der Waals surface area contributed by atoms with Crippen molar-refractivity contribution in [1.29, 1.82) is 0 Å². The third kappa shape index (κ3) is 3.59. The summed E-state index contributed by atoms with van der Waals surface area (Å²) >= 11 is 0. The van der Waals surface area contributed by atoms with Crippen molar-refractivity contribution in [1.82, 2.24) is 25.2 Å². The normalized spacial score (nSPS) is 12.2. The van der Waals surface area contributed by atoms with Crippen molar-refractivity contribution in [2.75, 3.05) is 0 Å². The molecule has 0 radical (unpaired) electrons. The van der Waals surface area contributed by atoms with Gasteiger partial charge in [-0.3, -0.25) is 9.78 Å². The molecule has 0 bridgehead atoms. The van der Waals surface area contributed by atoms with Gasteiger partial charge < -0.3 is 5.11 Å². The van der Waals surface area contributed by atoms with Gasteiger partial charge in [0.05, 0.1) is 12.5 Å². The number of hydrogen-bond donors (Lipinski definition) is 1. The van der Waals surface area contributed by atoms with Gasteiger partial charge in [-0.25, -0.2) is 4.68 Å². The van der Waals surface area contributed by atoms with E-state index in [9.17, 15) is 4.79 Å². The number of nitrogens with zero attached hydrogens (tertiary/aromatic N) is 5. The van der Waals surface area contributed by atoms with E-state index >= 15 is 0 Å². The van der Waals surface area contributed by atoms with E-state index in [1.165, 1.54) is 0 Å². The highest BCUT2D eigenvalue weighted by molar-refractivity contribution is 5.67. The molecule has 2 aromatic rings. The maximum atomic E-state index is 10.9. The molecule has 0 amide bonds. The molecule has 7 heteroatoms. The summed E-state index contributed by atoms with van der Waals surface area (Å²) in [6, 6.07) is 3.68. The van der Waals surface area contributed by atoms with E-state index in [1.807, 2.05) is 25.3 Å². The smallest absolute Gasteiger partial charge is 0.305 e. The van der Waals surface area contributed by atoms with E-state index in [-0.39, 0.29) is 12.5 Å². The van der Waals surface area contributed by atoms with Crippen LogP contribution in [0.3, 0.4) is 0 Å². The first-order valence-electron chi connectivity index (χ1n) is 6.58. The summed E-state index contributed by atoms with van der Waals surface area (Å²) in [5.74, 6) is -0.132. The third-order valence-electron chi connectivity index (χ3n) is 3.15. The molecule has 0 aliphatic heterocycles. The summed E-state index contributed by atoms with van der Waals surface area (Å²) in [6.07, 6.45) is 5.68. The van der Waals surface area contributed by atoms with Gasteiger partial charge in [0.2, 0.25) is 0 Å². The average molecular weight is 275 g/mol. The van der Waals surface area contributed by atoms with Crippen molar-refractivity contribution in [3.8, 4) is 0 Å². The van der Waals surface area contributed by atoms with Crippen LogP contribution in [0, 0.1) is 0 Å². The Kier molecular flexibility index (Phi) is 4.75. The van der Waals surface area contributed by atoms with E-state index in [1.54, 1.807) is 10.9 Å². The Labute approximate surface area is 116 Å². The predicted octanol–water partition coefficient (Wildman–Crippen LogP) is 1.28. The largest absolute Gasteiger partial charge is 0.481 e. The Balaban J connectivity index is 2.06. The van der Waals surface area contributed by atoms with Crippen LogP contribution in [0.1, 0.15) is 37.2 Å². The first-order valence-corrected chi connectivity index (χ1v) is 6.58. The number of carboxylic acids is 1. The Morgan fingerprint density at radius 2 is 2.30 bits per heavy atom. The first-order chi connectivity index (χ1) is 9.70. The monoisotopic (exact) mass is 275 g/mol. The highest BCUT2D eigenvalue weighted by atomic mass is 16.4. The van der Waals surface area contributed by atoms with Crippen molar-refractivity contribution in [3.05, 3.63) is 35.9 Å². The quantitative estimate of drug-likeness (QED) is 0.818. The SMILES string of the molecule is CCC(CC(=O)O)n1nnnc1CCc1cccnc1. The number of carbonyl (C=O) groups is 1. The average Bonchev–Trinajstić information content (AvgIpc) is 2.91. The van der Waals surface area contributed by atoms with Crippen molar-refractivity contribution in [2.24, 2.45) is 0 Å². The highest BCUT2D eigenvalue weighted by Crippen LogP contribution is 2.16. The molecular weight excluding hydrogens is 258 g/mol. The second-order valence-electron chi connectivity index (χ2n) is 4.56. The van der Waals surface area contributed by atoms with Gasteiger partial charge in [-0.2, -0.15) is 0 Å². The zero-order chi connectivity index (χ0) is 14.4. The van der Waals surface area contributed by atoms with Crippen LogP contribution in [-0.2, 0) is 17.6 Å². The minimum Gasteiger partial charge on any atom is -0.481 e. The molecule has 1 N–H and O–H groups in total. The topological polar surface area (TPSA) is 93.8 Å². The lowest BCUT2D eigenvalue weighted by atomic mass is 10.1. The van der Waals surface area contributed by atoms with Gasteiger partial charge in [-0.15, -0.1) is 5.10 Å². The van der Waals surface area contributed by atoms with Gasteiger partial charge in [0.15, 0.2) is 5.82 Å². The van der Waals surface area contributed by atoms with Crippen molar-refractivity contribution in [3.63, 3.8) is 0 Å². The van der Waals surface area contributed by atoms with Crippen LogP contribution >= 0.6 is 0 Å². The van der Waals surface area contributed by atoms with E-state index in [2.05, 4.69) is 20.5 Å². The van der Waals surface area contributed by atoms with Gasteiger partial charge in [-0.05, 0) is 34.9 Å². The Hall–Kier alpha value is -2.31. The molecule has 7 nitrogen and oxygen atoms in total. The molecule has 106 valence electrons. The maximum absolute atomic E-state index is 10.9. The van der Waals surface area contributed by atoms with Gasteiger partial charge in [0.25, 0.3) is 0 Å². The van der Waals surface area contributed by atoms with Crippen LogP contribution in [0.4, 0.5) is 0 Å². The second-order valence-corrected chi connectivity index (χ2v) is 4.56. The van der Waals surface area contributed by atoms with Crippen molar-refractivity contribution < 1.29 is 9.90 Å². The van der Waals surface area contributed by atoms with E-state index in [4.69, 9.17) is 5.11 Å². The minimum atomic E-state index is -0.842. The molecule has 2 rings (SSSR count). The van der Waals surface area contributed by atoms with E-state index in [0.717, 1.165) is 12.0 Å². The number of pyridine rings is 1. The minimum absolute atomic E-state index is 0.0292. The molecule has 2 heterocycles. The van der Waals surface area contributed by atoms with E-state index < -0.39 is 5.97 Å². The summed E-state index contributed by atoms with van der Waals surface area (Å²) < 4.78 is 1.63. The highest BCUT2D eigenvalue weighted by Gasteiger charge is 2.18. The third-order valence-corrected chi connectivity index (χ3v) is 3.15. The summed E-state index contributed by atoms with van der Waals surface area (Å²) in [7, 11) is 0. The van der Waals surface area contributed by atoms with Gasteiger partial charge in [-0.1, -0.05) is 13.0 Å². The van der Waals surface area contributed by atoms with Crippen LogP contribution < -0.4 is 0 Å². The Bertz CT molecular complexity index is 555. The number of tetrazole rings is 1. The van der Waals surface area contributed by atoms with Crippen LogP contribution in [0.25, 0.3) is 0 Å². The standard InChI is InChI=1S/C13H17N5O2/c1-2-11(8-13(19)20)18-12(15-16-17-18)6-5-10-4-3-7-14-9-10/h3-4,7,9,11H,2,5-6,8H2,1H3,(H,19,20). The summed E-state index contributed by atoms with van der Waals surface area (Å²) in [4.78, 5) is 14.9. The summed E-state index contributed by atoms with van der Waals surface area (Å²) in [5, 5.41) is 20.5. The van der Waals surface area contributed by atoms with Crippen LogP contribution in [0.5, 0.6) is 0 Å². The lowest BCUT2D eigenvalue weighted by molar-refractivity contribution is -0.138. The Morgan fingerprint density at radius 3 is 2.95 bits per heavy atom. The molecule has 0 saturated heterocycles. The maximum Gasteiger partial charge on any atom is 0.305 e. The lowest BCUT2D eigenvalue weighted by Gasteiger charge is -2.14. The number of carboxylic acid groups (broad SMARTS) is 1. The fourth-order valence-corrected chi connectivity index (χ4v) is 2.07. The van der Waals surface area contributed by atoms with Crippen LogP contribution in [-0.4, -0.2) is 36.3 Å². The van der Waals surface area contributed by atoms with Gasteiger partial charge in [0, 0.05) is 18.8 Å². The number of aromatic nitrogens is 5. The molecule has 0 aromatic carbocycles. The van der Waals surface area contributed by atoms with E-state index in [0.29, 0.717) is 18.7 Å². The first kappa shape index (κ1) is 14.1. The molecule has 20 heavy (non-hydrogen) atoms. The zero-order valence-corrected chi connectivity index (χ0v) is 11.3. The molecule has 0 aliphatic carbocycles. The lowest BCUT2D eigenvalue weighted by Crippen LogP contribution is -2.17. The number of rotatable bonds is 7. The van der Waals surface area contributed by atoms with Gasteiger partial charge in [0.1, 0.15) is 0 Å². The van der Waals surface area contributed by atoms with Crippen molar-refractivity contribution in [2.45, 2.75) is 38.6 Å². The van der Waals surface area contributed by atoms with Gasteiger partial charge >= 0.3 is 5.97 Å². The zero-order valence-electron chi connectivity index (χ0n) is 11.3. The Morgan fingerprint density at radius 1 is 1.45 bits per heavy atom. The predicted molar refractivity (Wildman–Crippen MR) is 71.0 cm³/mol. The number of aliphatic carboxylic acids is 1. The van der Waals surface area contributed by atoms with Crippen molar-refractivity contribution >= 4 is 5.97 Å².